The van der Waals surface area contributed by atoms with Gasteiger partial charge in [0.15, 0.2) is 0 Å². The molecule has 0 radical (unpaired) electrons. The number of hydrogen-bond acceptors (Lipinski definition) is 2. The second-order valence-corrected chi connectivity index (χ2v) is 6.19. The summed E-state index contributed by atoms with van der Waals surface area (Å²) < 4.78 is 0. The summed E-state index contributed by atoms with van der Waals surface area (Å²) in [5.74, 6) is -0.176. The van der Waals surface area contributed by atoms with Crippen LogP contribution in [0.25, 0.3) is 0 Å². The fourth-order valence-electron chi connectivity index (χ4n) is 2.88. The van der Waals surface area contributed by atoms with Crippen LogP contribution in [0.5, 0.6) is 0 Å². The van der Waals surface area contributed by atoms with Gasteiger partial charge in [-0.1, -0.05) is 60.7 Å². The van der Waals surface area contributed by atoms with Gasteiger partial charge < -0.3 is 16.4 Å². The molecule has 0 heterocycles. The Morgan fingerprint density at radius 1 is 0.815 bits per heavy atom. The van der Waals surface area contributed by atoms with E-state index in [9.17, 15) is 9.59 Å². The molecule has 0 aliphatic carbocycles. The maximum Gasteiger partial charge on any atom is 0.316 e. The molecule has 5 heteroatoms. The minimum absolute atomic E-state index is 0.149. The maximum atomic E-state index is 12.7. The molecule has 3 aromatic carbocycles. The maximum absolute atomic E-state index is 12.7. The normalized spacial score (nSPS) is 11.4. The summed E-state index contributed by atoms with van der Waals surface area (Å²) in [6.45, 7) is 0. The Morgan fingerprint density at radius 2 is 1.41 bits per heavy atom. The van der Waals surface area contributed by atoms with Gasteiger partial charge in [0, 0.05) is 11.3 Å². The van der Waals surface area contributed by atoms with E-state index in [2.05, 4.69) is 10.6 Å². The molecule has 3 rings (SSSR count). The average Bonchev–Trinajstić information content (AvgIpc) is 2.69. The molecule has 1 atom stereocenters. The van der Waals surface area contributed by atoms with Gasteiger partial charge in [-0.25, -0.2) is 4.79 Å². The van der Waals surface area contributed by atoms with Crippen LogP contribution >= 0.6 is 0 Å². The van der Waals surface area contributed by atoms with Gasteiger partial charge in [0.25, 0.3) is 5.91 Å². The van der Waals surface area contributed by atoms with Crippen LogP contribution < -0.4 is 16.4 Å². The van der Waals surface area contributed by atoms with Crippen LogP contribution in [0.1, 0.15) is 27.5 Å². The quantitative estimate of drug-likeness (QED) is 0.624. The summed E-state index contributed by atoms with van der Waals surface area (Å²) in [5.41, 5.74) is 8.34. The van der Waals surface area contributed by atoms with Gasteiger partial charge in [-0.05, 0) is 41.8 Å². The number of urea groups is 1. The number of nitrogens with two attached hydrogens (primary N) is 1. The number of hydrogen-bond donors (Lipinski definition) is 3. The van der Waals surface area contributed by atoms with Crippen molar-refractivity contribution in [2.24, 2.45) is 5.73 Å². The van der Waals surface area contributed by atoms with Crippen LogP contribution in [0.15, 0.2) is 84.9 Å². The van der Waals surface area contributed by atoms with Gasteiger partial charge in [0.05, 0.1) is 6.04 Å². The molecular weight excluding hydrogens is 338 g/mol. The van der Waals surface area contributed by atoms with Crippen molar-refractivity contribution in [2.45, 2.75) is 12.5 Å². The van der Waals surface area contributed by atoms with Crippen LogP contribution in [-0.4, -0.2) is 11.9 Å². The average molecular weight is 359 g/mol. The van der Waals surface area contributed by atoms with E-state index in [4.69, 9.17) is 5.73 Å². The molecule has 136 valence electrons. The molecule has 0 unspecified atom stereocenters. The number of anilines is 1. The van der Waals surface area contributed by atoms with E-state index in [1.54, 1.807) is 24.3 Å². The van der Waals surface area contributed by atoms with Crippen molar-refractivity contribution in [3.05, 3.63) is 102 Å². The minimum Gasteiger partial charge on any atom is -0.351 e. The van der Waals surface area contributed by atoms with Crippen molar-refractivity contribution in [3.63, 3.8) is 0 Å². The first-order valence-electron chi connectivity index (χ1n) is 8.68. The van der Waals surface area contributed by atoms with E-state index in [-0.39, 0.29) is 11.9 Å². The molecular formula is C22H21N3O2. The molecule has 3 aromatic rings. The lowest BCUT2D eigenvalue weighted by atomic mass is 9.98. The summed E-state index contributed by atoms with van der Waals surface area (Å²) in [5, 5.41) is 5.58. The zero-order valence-corrected chi connectivity index (χ0v) is 14.8. The van der Waals surface area contributed by atoms with Gasteiger partial charge in [0.1, 0.15) is 0 Å². The largest absolute Gasteiger partial charge is 0.351 e. The highest BCUT2D eigenvalue weighted by Gasteiger charge is 2.16. The van der Waals surface area contributed by atoms with E-state index in [0.717, 1.165) is 11.1 Å². The van der Waals surface area contributed by atoms with E-state index < -0.39 is 6.03 Å². The van der Waals surface area contributed by atoms with E-state index in [1.807, 2.05) is 60.7 Å². The molecule has 5 nitrogen and oxygen atoms in total. The van der Waals surface area contributed by atoms with E-state index >= 15 is 0 Å². The minimum atomic E-state index is -0.640. The van der Waals surface area contributed by atoms with Crippen molar-refractivity contribution in [3.8, 4) is 0 Å². The SMILES string of the molecule is NC(=O)Nc1ccc(C(=O)N[C@H](Cc2ccccc2)c2ccccc2)cc1. The van der Waals surface area contributed by atoms with E-state index in [1.165, 1.54) is 0 Å². The number of carbonyl (C=O) groups excluding carboxylic acids is 2. The highest BCUT2D eigenvalue weighted by molar-refractivity contribution is 5.95. The number of nitrogens with one attached hydrogen (secondary N) is 2. The fourth-order valence-corrected chi connectivity index (χ4v) is 2.88. The molecule has 0 fully saturated rings. The third-order valence-corrected chi connectivity index (χ3v) is 4.20. The second-order valence-electron chi connectivity index (χ2n) is 6.19. The Balaban J connectivity index is 1.77. The summed E-state index contributed by atoms with van der Waals surface area (Å²) in [7, 11) is 0. The van der Waals surface area contributed by atoms with Crippen LogP contribution in [0.4, 0.5) is 10.5 Å². The molecule has 0 aromatic heterocycles. The van der Waals surface area contributed by atoms with Gasteiger partial charge in [-0.2, -0.15) is 0 Å². The lowest BCUT2D eigenvalue weighted by Crippen LogP contribution is -2.30. The van der Waals surface area contributed by atoms with Crippen LogP contribution in [0, 0.1) is 0 Å². The van der Waals surface area contributed by atoms with Gasteiger partial charge in [-0.15, -0.1) is 0 Å². The Bertz CT molecular complexity index is 894. The van der Waals surface area contributed by atoms with Crippen LogP contribution in [0.2, 0.25) is 0 Å². The highest BCUT2D eigenvalue weighted by Crippen LogP contribution is 2.19. The molecule has 0 spiro atoms. The van der Waals surface area contributed by atoms with Crippen molar-refractivity contribution >= 4 is 17.6 Å². The molecule has 0 aliphatic heterocycles. The number of benzene rings is 3. The lowest BCUT2D eigenvalue weighted by Gasteiger charge is -2.20. The summed E-state index contributed by atoms with van der Waals surface area (Å²) in [6.07, 6.45) is 0.692. The highest BCUT2D eigenvalue weighted by atomic mass is 16.2. The number of amides is 3. The third kappa shape index (κ3) is 5.19. The molecule has 0 bridgehead atoms. The number of carbonyl (C=O) groups is 2. The van der Waals surface area contributed by atoms with E-state index in [0.29, 0.717) is 17.7 Å². The first kappa shape index (κ1) is 18.2. The Morgan fingerprint density at radius 3 is 2.00 bits per heavy atom. The molecule has 3 amide bonds. The predicted octanol–water partition coefficient (Wildman–Crippen LogP) is 3.89. The van der Waals surface area contributed by atoms with Crippen molar-refractivity contribution < 1.29 is 9.59 Å². The Kier molecular flexibility index (Phi) is 5.84. The first-order chi connectivity index (χ1) is 13.1. The van der Waals surface area contributed by atoms with Gasteiger partial charge in [-0.3, -0.25) is 4.79 Å². The van der Waals surface area contributed by atoms with Crippen molar-refractivity contribution in [1.82, 2.24) is 5.32 Å². The predicted molar refractivity (Wildman–Crippen MR) is 106 cm³/mol. The summed E-state index contributed by atoms with van der Waals surface area (Å²) in [6, 6.07) is 25.8. The summed E-state index contributed by atoms with van der Waals surface area (Å²) >= 11 is 0. The molecule has 0 saturated carbocycles. The van der Waals surface area contributed by atoms with Crippen LogP contribution in [-0.2, 0) is 6.42 Å². The Labute approximate surface area is 158 Å². The molecule has 0 aliphatic rings. The standard InChI is InChI=1S/C22H21N3O2/c23-22(27)24-19-13-11-18(12-14-19)21(26)25-20(17-9-5-2-6-10-17)15-16-7-3-1-4-8-16/h1-14,20H,15H2,(H,25,26)(H3,23,24,27)/t20-/m1/s1. The molecule has 4 N–H and O–H groups in total. The Hall–Kier alpha value is -3.60. The fraction of sp³-hybridized carbons (Fsp3) is 0.0909. The smallest absolute Gasteiger partial charge is 0.316 e. The first-order valence-corrected chi connectivity index (χ1v) is 8.68. The number of primary amides is 1. The lowest BCUT2D eigenvalue weighted by molar-refractivity contribution is 0.0936. The zero-order valence-electron chi connectivity index (χ0n) is 14.8. The van der Waals surface area contributed by atoms with Gasteiger partial charge in [0.2, 0.25) is 0 Å². The van der Waals surface area contributed by atoms with Crippen LogP contribution in [0.3, 0.4) is 0 Å². The second kappa shape index (κ2) is 8.67. The molecule has 27 heavy (non-hydrogen) atoms. The van der Waals surface area contributed by atoms with Crippen molar-refractivity contribution in [1.29, 1.82) is 0 Å². The molecule has 0 saturated heterocycles. The summed E-state index contributed by atoms with van der Waals surface area (Å²) in [4.78, 5) is 23.6. The zero-order chi connectivity index (χ0) is 19.1. The van der Waals surface area contributed by atoms with Gasteiger partial charge >= 0.3 is 6.03 Å². The number of rotatable bonds is 6. The third-order valence-electron chi connectivity index (χ3n) is 4.20. The monoisotopic (exact) mass is 359 g/mol. The van der Waals surface area contributed by atoms with Crippen molar-refractivity contribution in [2.75, 3.05) is 5.32 Å². The topological polar surface area (TPSA) is 84.2 Å².